The first-order chi connectivity index (χ1) is 28.7. The maximum Gasteiger partial charge on any atom is 0.329 e. The van der Waals surface area contributed by atoms with Gasteiger partial charge in [-0.1, -0.05) is 116 Å². The van der Waals surface area contributed by atoms with Crippen LogP contribution in [0.25, 0.3) is 0 Å². The van der Waals surface area contributed by atoms with Crippen molar-refractivity contribution in [2.75, 3.05) is 24.7 Å². The SMILES string of the molecule is C=CCOC(=O)[C@H]1[C@@H]2C(=O)O[C@@H](c3ccccc3)[C@@H](c3ccccc3)N2[C@@H](c2ccc(OCCO)cc2)[C@]12C(=O)N(C(=O)N[C@H](C)c1ccccc1)c1ccc(I)cc12. The zero-order valence-corrected chi connectivity index (χ0v) is 34.3. The molecule has 5 aromatic carbocycles. The number of ether oxygens (including phenoxy) is 3. The van der Waals surface area contributed by atoms with Crippen molar-refractivity contribution in [3.05, 3.63) is 178 Å². The van der Waals surface area contributed by atoms with Crippen LogP contribution >= 0.6 is 22.6 Å². The Kier molecular flexibility index (Phi) is 11.4. The number of hydrogen-bond donors (Lipinski definition) is 2. The van der Waals surface area contributed by atoms with Crippen LogP contribution in [0.3, 0.4) is 0 Å². The highest BCUT2D eigenvalue weighted by Gasteiger charge is 2.76. The molecule has 7 atom stereocenters. The largest absolute Gasteiger partial charge is 0.491 e. The summed E-state index contributed by atoms with van der Waals surface area (Å²) in [5.41, 5.74) is 1.66. The van der Waals surface area contributed by atoms with Crippen molar-refractivity contribution < 1.29 is 38.5 Å². The number of imide groups is 1. The summed E-state index contributed by atoms with van der Waals surface area (Å²) in [5, 5.41) is 12.5. The number of cyclic esters (lactones) is 1. The third-order valence-corrected chi connectivity index (χ3v) is 12.1. The molecule has 300 valence electrons. The number of fused-ring (bicyclic) bond motifs is 3. The van der Waals surface area contributed by atoms with Crippen molar-refractivity contribution in [2.24, 2.45) is 5.92 Å². The number of aliphatic hydroxyl groups excluding tert-OH is 1. The number of nitrogens with one attached hydrogen (secondary N) is 1. The van der Waals surface area contributed by atoms with E-state index >= 15 is 4.79 Å². The van der Waals surface area contributed by atoms with Gasteiger partial charge in [-0.25, -0.2) is 9.69 Å². The van der Waals surface area contributed by atoms with Crippen molar-refractivity contribution in [3.8, 4) is 5.75 Å². The van der Waals surface area contributed by atoms with Gasteiger partial charge in [-0.3, -0.25) is 19.3 Å². The van der Waals surface area contributed by atoms with Gasteiger partial charge >= 0.3 is 18.0 Å². The molecule has 2 fully saturated rings. The molecule has 59 heavy (non-hydrogen) atoms. The van der Waals surface area contributed by atoms with E-state index in [1.54, 1.807) is 36.4 Å². The van der Waals surface area contributed by atoms with E-state index in [1.165, 1.54) is 6.08 Å². The second kappa shape index (κ2) is 16.8. The molecule has 0 unspecified atom stereocenters. The normalized spacial score (nSPS) is 23.8. The third-order valence-electron chi connectivity index (χ3n) is 11.4. The lowest BCUT2D eigenvalue weighted by molar-refractivity contribution is -0.180. The highest BCUT2D eigenvalue weighted by Crippen LogP contribution is 2.66. The van der Waals surface area contributed by atoms with Crippen LogP contribution in [-0.2, 0) is 29.3 Å². The number of benzene rings is 5. The molecule has 0 radical (unpaired) electrons. The van der Waals surface area contributed by atoms with Gasteiger partial charge in [0.25, 0.3) is 0 Å². The minimum absolute atomic E-state index is 0.0641. The van der Waals surface area contributed by atoms with Gasteiger partial charge in [-0.05, 0) is 87.7 Å². The molecule has 0 bridgehead atoms. The van der Waals surface area contributed by atoms with E-state index in [1.807, 2.05) is 109 Å². The van der Waals surface area contributed by atoms with Crippen LogP contribution < -0.4 is 15.0 Å². The summed E-state index contributed by atoms with van der Waals surface area (Å²) < 4.78 is 18.8. The van der Waals surface area contributed by atoms with Crippen LogP contribution in [0, 0.1) is 9.49 Å². The molecule has 12 heteroatoms. The van der Waals surface area contributed by atoms with Crippen LogP contribution in [0.4, 0.5) is 10.5 Å². The van der Waals surface area contributed by atoms with Gasteiger partial charge in [0.05, 0.1) is 30.4 Å². The molecule has 3 heterocycles. The number of aliphatic hydroxyl groups is 1. The molecule has 3 amide bonds. The molecule has 8 rings (SSSR count). The Morgan fingerprint density at radius 2 is 1.53 bits per heavy atom. The molecule has 0 saturated carbocycles. The summed E-state index contributed by atoms with van der Waals surface area (Å²) in [5.74, 6) is -3.25. The average molecular weight is 904 g/mol. The van der Waals surface area contributed by atoms with Gasteiger partial charge in [0.2, 0.25) is 5.91 Å². The summed E-state index contributed by atoms with van der Waals surface area (Å²) >= 11 is 2.16. The number of rotatable bonds is 11. The summed E-state index contributed by atoms with van der Waals surface area (Å²) in [6.45, 7) is 5.27. The minimum Gasteiger partial charge on any atom is -0.491 e. The number of carbonyl (C=O) groups is 4. The topological polar surface area (TPSA) is 135 Å². The first-order valence-corrected chi connectivity index (χ1v) is 20.5. The molecule has 0 aromatic heterocycles. The number of hydrogen-bond acceptors (Lipinski definition) is 9. The average Bonchev–Trinajstić information content (AvgIpc) is 3.72. The predicted octanol–water partition coefficient (Wildman–Crippen LogP) is 7.53. The number of urea groups is 1. The van der Waals surface area contributed by atoms with Gasteiger partial charge in [0, 0.05) is 3.57 Å². The zero-order valence-electron chi connectivity index (χ0n) is 32.1. The molecule has 2 saturated heterocycles. The van der Waals surface area contributed by atoms with Gasteiger partial charge in [0.1, 0.15) is 42.4 Å². The summed E-state index contributed by atoms with van der Waals surface area (Å²) in [6, 6.07) is 36.4. The number of carbonyl (C=O) groups excluding carboxylic acids is 4. The van der Waals surface area contributed by atoms with E-state index in [0.29, 0.717) is 16.9 Å². The van der Waals surface area contributed by atoms with Gasteiger partial charge in [0.15, 0.2) is 0 Å². The fraction of sp³-hybridized carbons (Fsp3) is 0.234. The van der Waals surface area contributed by atoms with Crippen LogP contribution in [0.15, 0.2) is 146 Å². The van der Waals surface area contributed by atoms with Crippen LogP contribution in [0.5, 0.6) is 5.75 Å². The molecule has 2 N–H and O–H groups in total. The van der Waals surface area contributed by atoms with Crippen molar-refractivity contribution in [1.29, 1.82) is 0 Å². The Morgan fingerprint density at radius 1 is 0.881 bits per heavy atom. The maximum atomic E-state index is 16.1. The Bertz CT molecular complexity index is 2360. The second-order valence-electron chi connectivity index (χ2n) is 14.7. The second-order valence-corrected chi connectivity index (χ2v) is 16.0. The smallest absolute Gasteiger partial charge is 0.329 e. The minimum atomic E-state index is -1.92. The van der Waals surface area contributed by atoms with Gasteiger partial charge in [-0.2, -0.15) is 0 Å². The first-order valence-electron chi connectivity index (χ1n) is 19.4. The predicted molar refractivity (Wildman–Crippen MR) is 228 cm³/mol. The van der Waals surface area contributed by atoms with Gasteiger partial charge in [-0.15, -0.1) is 0 Å². The summed E-state index contributed by atoms with van der Waals surface area (Å²) in [4.78, 5) is 63.8. The lowest BCUT2D eigenvalue weighted by Crippen LogP contribution is -2.54. The van der Waals surface area contributed by atoms with Crippen LogP contribution in [0.2, 0.25) is 0 Å². The van der Waals surface area contributed by atoms with E-state index in [-0.39, 0.29) is 25.5 Å². The van der Waals surface area contributed by atoms with Crippen molar-refractivity contribution in [3.63, 3.8) is 0 Å². The fourth-order valence-corrected chi connectivity index (χ4v) is 9.55. The lowest BCUT2D eigenvalue weighted by Gasteiger charge is -2.46. The van der Waals surface area contributed by atoms with Crippen molar-refractivity contribution in [1.82, 2.24) is 10.2 Å². The Hall–Kier alpha value is -5.83. The Morgan fingerprint density at radius 3 is 2.17 bits per heavy atom. The molecule has 3 aliphatic rings. The van der Waals surface area contributed by atoms with E-state index in [9.17, 15) is 19.5 Å². The van der Waals surface area contributed by atoms with Crippen LogP contribution in [-0.4, -0.2) is 59.7 Å². The molecule has 0 aliphatic carbocycles. The number of morpholine rings is 1. The van der Waals surface area contributed by atoms with E-state index in [0.717, 1.165) is 25.2 Å². The highest BCUT2D eigenvalue weighted by atomic mass is 127. The van der Waals surface area contributed by atoms with Crippen LogP contribution in [0.1, 0.15) is 59.0 Å². The molecular formula is C47H42IN3O8. The number of anilines is 1. The van der Waals surface area contributed by atoms with E-state index in [4.69, 9.17) is 14.2 Å². The zero-order chi connectivity index (χ0) is 41.3. The molecule has 5 aromatic rings. The number of nitrogens with zero attached hydrogens (tertiary/aromatic N) is 2. The maximum absolute atomic E-state index is 16.1. The first kappa shape index (κ1) is 40.0. The lowest BCUT2D eigenvalue weighted by atomic mass is 9.65. The summed E-state index contributed by atoms with van der Waals surface area (Å²) in [6.07, 6.45) is 0.560. The Labute approximate surface area is 355 Å². The molecule has 3 aliphatic heterocycles. The number of halogens is 1. The van der Waals surface area contributed by atoms with Gasteiger partial charge < -0.3 is 24.6 Å². The Balaban J connectivity index is 1.41. The van der Waals surface area contributed by atoms with E-state index < -0.39 is 65.5 Å². The quantitative estimate of drug-likeness (QED) is 0.0784. The molecule has 1 spiro atoms. The van der Waals surface area contributed by atoms with Crippen molar-refractivity contribution in [2.45, 2.75) is 42.6 Å². The monoisotopic (exact) mass is 903 g/mol. The third kappa shape index (κ3) is 6.98. The highest BCUT2D eigenvalue weighted by molar-refractivity contribution is 14.1. The van der Waals surface area contributed by atoms with E-state index in [2.05, 4.69) is 34.5 Å². The summed E-state index contributed by atoms with van der Waals surface area (Å²) in [7, 11) is 0. The molecule has 11 nitrogen and oxygen atoms in total. The standard InChI is InChI=1S/C47H42IN3O8/c1-3-26-58-43(53)38-40-44(54)59-41(32-17-11-6-12-18-32)39(31-15-9-5-10-16-31)51(40)42(33-19-22-35(23-20-33)57-27-25-52)47(38)36-28-34(48)21-24-37(36)50(45(47)55)46(56)49-29(2)30-13-7-4-8-14-30/h3-24,28-29,38-42,52H,1,25-27H2,2H3,(H,49,56)/t29-,38-,39-,40-,41+,42+,47-/m1/s1. The fourth-order valence-electron chi connectivity index (χ4n) is 9.06. The number of esters is 2. The molecular weight excluding hydrogens is 861 g/mol. The number of amides is 3. The van der Waals surface area contributed by atoms with Crippen molar-refractivity contribution >= 4 is 52.2 Å².